The van der Waals surface area contributed by atoms with Crippen molar-refractivity contribution in [1.82, 2.24) is 5.48 Å². The fourth-order valence-corrected chi connectivity index (χ4v) is 2.84. The molecule has 122 valence electrons. The third-order valence-corrected chi connectivity index (χ3v) is 4.14. The summed E-state index contributed by atoms with van der Waals surface area (Å²) in [5, 5.41) is 9.05. The first-order chi connectivity index (χ1) is 11.3. The quantitative estimate of drug-likeness (QED) is 0.430. The third-order valence-electron chi connectivity index (χ3n) is 4.14. The van der Waals surface area contributed by atoms with E-state index in [0.717, 1.165) is 17.5 Å². The van der Waals surface area contributed by atoms with Crippen molar-refractivity contribution in [3.63, 3.8) is 0 Å². The first-order valence-corrected chi connectivity index (χ1v) is 8.34. The number of hydroxylamine groups is 1. The van der Waals surface area contributed by atoms with E-state index < -0.39 is 11.8 Å². The van der Waals surface area contributed by atoms with E-state index in [1.807, 2.05) is 42.5 Å². The van der Waals surface area contributed by atoms with E-state index in [0.29, 0.717) is 0 Å². The van der Waals surface area contributed by atoms with Crippen molar-refractivity contribution in [3.05, 3.63) is 71.3 Å². The number of unbranched alkanes of at least 4 members (excludes halogenated alkanes) is 3. The SMILES string of the molecule is CCCCCCc1ccc(C(C(=O)NO)c2ccccc2)cc1. The molecule has 1 unspecified atom stereocenters. The number of hydrogen-bond acceptors (Lipinski definition) is 2. The zero-order valence-corrected chi connectivity index (χ0v) is 13.7. The molecule has 2 aromatic carbocycles. The summed E-state index contributed by atoms with van der Waals surface area (Å²) in [4.78, 5) is 12.1. The average Bonchev–Trinajstić information content (AvgIpc) is 2.61. The molecular formula is C20H25NO2. The zero-order chi connectivity index (χ0) is 16.5. The largest absolute Gasteiger partial charge is 0.289 e. The van der Waals surface area contributed by atoms with E-state index in [4.69, 9.17) is 5.21 Å². The monoisotopic (exact) mass is 311 g/mol. The van der Waals surface area contributed by atoms with Gasteiger partial charge in [-0.1, -0.05) is 80.8 Å². The maximum Gasteiger partial charge on any atom is 0.255 e. The molecule has 0 bridgehead atoms. The van der Waals surface area contributed by atoms with Gasteiger partial charge in [-0.25, -0.2) is 5.48 Å². The molecule has 0 heterocycles. The van der Waals surface area contributed by atoms with Crippen LogP contribution in [0.2, 0.25) is 0 Å². The highest BCUT2D eigenvalue weighted by Gasteiger charge is 2.22. The Bertz CT molecular complexity index is 593. The molecule has 0 aliphatic heterocycles. The molecule has 0 fully saturated rings. The van der Waals surface area contributed by atoms with E-state index in [1.165, 1.54) is 31.2 Å². The Kier molecular flexibility index (Phi) is 6.82. The predicted molar refractivity (Wildman–Crippen MR) is 92.5 cm³/mol. The van der Waals surface area contributed by atoms with Crippen molar-refractivity contribution >= 4 is 5.91 Å². The standard InChI is InChI=1S/C20H25NO2/c1-2-3-4-6-9-16-12-14-18(15-13-16)19(20(22)21-23)17-10-7-5-8-11-17/h5,7-8,10-15,19,23H,2-4,6,9H2,1H3,(H,21,22). The van der Waals surface area contributed by atoms with Crippen molar-refractivity contribution in [1.29, 1.82) is 0 Å². The summed E-state index contributed by atoms with van der Waals surface area (Å²) in [5.41, 5.74) is 4.84. The topological polar surface area (TPSA) is 49.3 Å². The van der Waals surface area contributed by atoms with Gasteiger partial charge in [-0.3, -0.25) is 10.0 Å². The van der Waals surface area contributed by atoms with Crippen LogP contribution in [0, 0.1) is 0 Å². The molecule has 0 saturated heterocycles. The lowest BCUT2D eigenvalue weighted by Crippen LogP contribution is -2.27. The van der Waals surface area contributed by atoms with Crippen LogP contribution in [-0.2, 0) is 11.2 Å². The van der Waals surface area contributed by atoms with Crippen LogP contribution in [0.25, 0.3) is 0 Å². The maximum atomic E-state index is 12.1. The number of aryl methyl sites for hydroxylation is 1. The lowest BCUT2D eigenvalue weighted by molar-refractivity contribution is -0.129. The average molecular weight is 311 g/mol. The van der Waals surface area contributed by atoms with Crippen LogP contribution in [0.1, 0.15) is 55.2 Å². The van der Waals surface area contributed by atoms with Crippen LogP contribution in [0.3, 0.4) is 0 Å². The number of carbonyl (C=O) groups is 1. The van der Waals surface area contributed by atoms with Crippen LogP contribution in [0.4, 0.5) is 0 Å². The minimum atomic E-state index is -0.490. The third kappa shape index (κ3) is 4.93. The second-order valence-corrected chi connectivity index (χ2v) is 5.87. The molecule has 0 aromatic heterocycles. The fourth-order valence-electron chi connectivity index (χ4n) is 2.84. The Balaban J connectivity index is 2.12. The van der Waals surface area contributed by atoms with Gasteiger partial charge in [0.2, 0.25) is 0 Å². The number of benzene rings is 2. The highest BCUT2D eigenvalue weighted by molar-refractivity contribution is 5.86. The van der Waals surface area contributed by atoms with Crippen LogP contribution in [0.5, 0.6) is 0 Å². The first kappa shape index (κ1) is 17.2. The summed E-state index contributed by atoms with van der Waals surface area (Å²) in [7, 11) is 0. The van der Waals surface area contributed by atoms with Crippen molar-refractivity contribution in [2.45, 2.75) is 44.9 Å². The fraction of sp³-hybridized carbons (Fsp3) is 0.350. The van der Waals surface area contributed by atoms with E-state index in [1.54, 1.807) is 5.48 Å². The maximum absolute atomic E-state index is 12.1. The van der Waals surface area contributed by atoms with E-state index in [9.17, 15) is 4.79 Å². The summed E-state index contributed by atoms with van der Waals surface area (Å²) < 4.78 is 0. The number of hydrogen-bond donors (Lipinski definition) is 2. The first-order valence-electron chi connectivity index (χ1n) is 8.34. The molecule has 3 nitrogen and oxygen atoms in total. The summed E-state index contributed by atoms with van der Waals surface area (Å²) >= 11 is 0. The molecule has 0 aliphatic rings. The van der Waals surface area contributed by atoms with Gasteiger partial charge < -0.3 is 0 Å². The number of carbonyl (C=O) groups excluding carboxylic acids is 1. The molecular weight excluding hydrogens is 286 g/mol. The van der Waals surface area contributed by atoms with Gasteiger partial charge in [0.15, 0.2) is 0 Å². The van der Waals surface area contributed by atoms with Crippen LogP contribution in [0.15, 0.2) is 54.6 Å². The zero-order valence-electron chi connectivity index (χ0n) is 13.7. The van der Waals surface area contributed by atoms with Gasteiger partial charge in [0.25, 0.3) is 5.91 Å². The van der Waals surface area contributed by atoms with E-state index >= 15 is 0 Å². The van der Waals surface area contributed by atoms with Gasteiger partial charge in [-0.15, -0.1) is 0 Å². The Labute approximate surface area is 138 Å². The minimum Gasteiger partial charge on any atom is -0.289 e. The molecule has 0 aliphatic carbocycles. The highest BCUT2D eigenvalue weighted by Crippen LogP contribution is 2.25. The van der Waals surface area contributed by atoms with E-state index in [2.05, 4.69) is 19.1 Å². The minimum absolute atomic E-state index is 0.410. The van der Waals surface area contributed by atoms with Crippen LogP contribution >= 0.6 is 0 Å². The normalized spacial score (nSPS) is 11.9. The Morgan fingerprint density at radius 2 is 1.61 bits per heavy atom. The van der Waals surface area contributed by atoms with Gasteiger partial charge in [-0.05, 0) is 29.5 Å². The molecule has 3 heteroatoms. The number of amides is 1. The Hall–Kier alpha value is -2.13. The van der Waals surface area contributed by atoms with E-state index in [-0.39, 0.29) is 0 Å². The summed E-state index contributed by atoms with van der Waals surface area (Å²) in [6, 6.07) is 17.7. The molecule has 2 N–H and O–H groups in total. The van der Waals surface area contributed by atoms with Gasteiger partial charge in [0, 0.05) is 0 Å². The summed E-state index contributed by atoms with van der Waals surface area (Å²) in [6.45, 7) is 2.21. The smallest absolute Gasteiger partial charge is 0.255 e. The lowest BCUT2D eigenvalue weighted by atomic mass is 9.90. The predicted octanol–water partition coefficient (Wildman–Crippen LogP) is 4.45. The number of nitrogens with one attached hydrogen (secondary N) is 1. The molecule has 23 heavy (non-hydrogen) atoms. The van der Waals surface area contributed by atoms with Gasteiger partial charge in [0.1, 0.15) is 0 Å². The van der Waals surface area contributed by atoms with Gasteiger partial charge >= 0.3 is 0 Å². The molecule has 1 amide bonds. The molecule has 0 saturated carbocycles. The van der Waals surface area contributed by atoms with Gasteiger partial charge in [0.05, 0.1) is 5.92 Å². The van der Waals surface area contributed by atoms with Crippen molar-refractivity contribution in [3.8, 4) is 0 Å². The highest BCUT2D eigenvalue weighted by atomic mass is 16.5. The Morgan fingerprint density at radius 1 is 0.957 bits per heavy atom. The summed E-state index contributed by atoms with van der Waals surface area (Å²) in [5.74, 6) is -0.901. The van der Waals surface area contributed by atoms with Gasteiger partial charge in [-0.2, -0.15) is 0 Å². The molecule has 2 rings (SSSR count). The van der Waals surface area contributed by atoms with Crippen molar-refractivity contribution in [2.24, 2.45) is 0 Å². The van der Waals surface area contributed by atoms with Crippen molar-refractivity contribution < 1.29 is 10.0 Å². The second kappa shape index (κ2) is 9.11. The number of rotatable bonds is 8. The second-order valence-electron chi connectivity index (χ2n) is 5.87. The summed E-state index contributed by atoms with van der Waals surface area (Å²) in [6.07, 6.45) is 6.06. The van der Waals surface area contributed by atoms with Crippen molar-refractivity contribution in [2.75, 3.05) is 0 Å². The molecule has 1 atom stereocenters. The lowest BCUT2D eigenvalue weighted by Gasteiger charge is -2.16. The molecule has 0 spiro atoms. The molecule has 2 aromatic rings. The van der Waals surface area contributed by atoms with Crippen LogP contribution in [-0.4, -0.2) is 11.1 Å². The van der Waals surface area contributed by atoms with Crippen LogP contribution < -0.4 is 5.48 Å². The Morgan fingerprint density at radius 3 is 2.22 bits per heavy atom. The molecule has 0 radical (unpaired) electrons.